The number of allylic oxidation sites excluding steroid dienone is 1. The molecule has 1 aromatic heterocycles. The number of aromatic amines is 1. The van der Waals surface area contributed by atoms with Crippen molar-refractivity contribution in [2.75, 3.05) is 6.61 Å². The van der Waals surface area contributed by atoms with Gasteiger partial charge in [-0.05, 0) is 31.0 Å². The zero-order valence-corrected chi connectivity index (χ0v) is 16.4. The Labute approximate surface area is 169 Å². The summed E-state index contributed by atoms with van der Waals surface area (Å²) in [5.41, 5.74) is 11.1. The van der Waals surface area contributed by atoms with Gasteiger partial charge in [-0.2, -0.15) is 5.26 Å². The Hall–Kier alpha value is -3.72. The van der Waals surface area contributed by atoms with E-state index >= 15 is 0 Å². The first-order chi connectivity index (χ1) is 14.1. The standard InChI is InChI=1S/C23H22N4O2/c1-3-12-28-17-10-8-15(9-11-17)19-18(13-24)22(25)29-23-20(19)21(26-27-23)16-6-4-14(2)5-7-16/h4-11,19H,3,12,25H2,1-2H3,(H,26,27)/t19-/m1/s1. The molecule has 4 rings (SSSR count). The van der Waals surface area contributed by atoms with E-state index in [1.165, 1.54) is 5.56 Å². The molecule has 2 heterocycles. The number of rotatable bonds is 5. The van der Waals surface area contributed by atoms with Gasteiger partial charge >= 0.3 is 0 Å². The Balaban J connectivity index is 1.82. The summed E-state index contributed by atoms with van der Waals surface area (Å²) in [5, 5.41) is 17.2. The van der Waals surface area contributed by atoms with E-state index in [1.807, 2.05) is 55.5 Å². The summed E-state index contributed by atoms with van der Waals surface area (Å²) < 4.78 is 11.3. The van der Waals surface area contributed by atoms with Crippen LogP contribution in [0.5, 0.6) is 11.6 Å². The number of hydrogen-bond acceptors (Lipinski definition) is 5. The second-order valence-corrected chi connectivity index (χ2v) is 7.03. The molecule has 3 N–H and O–H groups in total. The van der Waals surface area contributed by atoms with Gasteiger partial charge in [0.1, 0.15) is 17.4 Å². The summed E-state index contributed by atoms with van der Waals surface area (Å²) in [6.07, 6.45) is 0.942. The van der Waals surface area contributed by atoms with Crippen LogP contribution in [0.2, 0.25) is 0 Å². The monoisotopic (exact) mass is 386 g/mol. The van der Waals surface area contributed by atoms with Gasteiger partial charge in [-0.25, -0.2) is 0 Å². The molecule has 2 aromatic carbocycles. The maximum Gasteiger partial charge on any atom is 0.244 e. The van der Waals surface area contributed by atoms with Crippen LogP contribution in [0.4, 0.5) is 0 Å². The van der Waals surface area contributed by atoms with Crippen molar-refractivity contribution in [1.29, 1.82) is 5.26 Å². The van der Waals surface area contributed by atoms with Crippen LogP contribution in [-0.2, 0) is 0 Å². The van der Waals surface area contributed by atoms with Crippen molar-refractivity contribution in [2.24, 2.45) is 5.73 Å². The minimum atomic E-state index is -0.376. The molecule has 0 saturated carbocycles. The summed E-state index contributed by atoms with van der Waals surface area (Å²) in [7, 11) is 0. The van der Waals surface area contributed by atoms with Gasteiger partial charge in [-0.1, -0.05) is 48.9 Å². The molecule has 0 bridgehead atoms. The summed E-state index contributed by atoms with van der Waals surface area (Å²) in [6, 6.07) is 18.1. The fraction of sp³-hybridized carbons (Fsp3) is 0.217. The summed E-state index contributed by atoms with van der Waals surface area (Å²) in [4.78, 5) is 0. The number of aryl methyl sites for hydroxylation is 1. The quantitative estimate of drug-likeness (QED) is 0.678. The van der Waals surface area contributed by atoms with E-state index in [0.717, 1.165) is 34.6 Å². The highest BCUT2D eigenvalue weighted by atomic mass is 16.5. The molecular formula is C23H22N4O2. The third-order valence-corrected chi connectivity index (χ3v) is 4.97. The normalized spacial score (nSPS) is 15.4. The van der Waals surface area contributed by atoms with Gasteiger partial charge in [0.25, 0.3) is 0 Å². The number of nitriles is 1. The number of ether oxygens (including phenoxy) is 2. The number of benzene rings is 2. The molecule has 0 fully saturated rings. The van der Waals surface area contributed by atoms with E-state index in [-0.39, 0.29) is 11.8 Å². The number of nitrogens with zero attached hydrogens (tertiary/aromatic N) is 2. The number of aromatic nitrogens is 2. The maximum atomic E-state index is 9.80. The molecule has 1 atom stereocenters. The molecule has 6 nitrogen and oxygen atoms in total. The molecule has 3 aromatic rings. The van der Waals surface area contributed by atoms with Crippen LogP contribution < -0.4 is 15.2 Å². The van der Waals surface area contributed by atoms with Crippen LogP contribution >= 0.6 is 0 Å². The van der Waals surface area contributed by atoms with E-state index in [2.05, 4.69) is 23.2 Å². The maximum absolute atomic E-state index is 9.80. The molecule has 0 amide bonds. The third kappa shape index (κ3) is 3.43. The predicted molar refractivity (Wildman–Crippen MR) is 110 cm³/mol. The van der Waals surface area contributed by atoms with Crippen LogP contribution in [-0.4, -0.2) is 16.8 Å². The molecule has 0 saturated heterocycles. The third-order valence-electron chi connectivity index (χ3n) is 4.97. The van der Waals surface area contributed by atoms with Crippen molar-refractivity contribution in [3.63, 3.8) is 0 Å². The Morgan fingerprint density at radius 1 is 1.17 bits per heavy atom. The van der Waals surface area contributed by atoms with E-state index in [4.69, 9.17) is 15.2 Å². The lowest BCUT2D eigenvalue weighted by atomic mass is 9.83. The van der Waals surface area contributed by atoms with Gasteiger partial charge in [-0.15, -0.1) is 5.10 Å². The van der Waals surface area contributed by atoms with Crippen molar-refractivity contribution in [1.82, 2.24) is 10.2 Å². The zero-order chi connectivity index (χ0) is 20.4. The van der Waals surface area contributed by atoms with E-state index in [1.54, 1.807) is 0 Å². The van der Waals surface area contributed by atoms with Crippen molar-refractivity contribution >= 4 is 0 Å². The molecule has 0 aliphatic carbocycles. The first-order valence-electron chi connectivity index (χ1n) is 9.58. The van der Waals surface area contributed by atoms with Gasteiger partial charge in [0.2, 0.25) is 11.8 Å². The fourth-order valence-electron chi connectivity index (χ4n) is 3.50. The molecule has 146 valence electrons. The topological polar surface area (TPSA) is 96.9 Å². The van der Waals surface area contributed by atoms with Crippen molar-refractivity contribution in [3.8, 4) is 29.0 Å². The second kappa shape index (κ2) is 7.72. The SMILES string of the molecule is CCCOc1ccc([C@@H]2C(C#N)=C(N)Oc3n[nH]c(-c4ccc(C)cc4)c32)cc1. The first kappa shape index (κ1) is 18.6. The van der Waals surface area contributed by atoms with Crippen LogP contribution in [0.15, 0.2) is 60.0 Å². The number of H-pyrrole nitrogens is 1. The number of fused-ring (bicyclic) bond motifs is 1. The van der Waals surface area contributed by atoms with Crippen LogP contribution in [0.25, 0.3) is 11.3 Å². The van der Waals surface area contributed by atoms with E-state index in [0.29, 0.717) is 18.1 Å². The highest BCUT2D eigenvalue weighted by Gasteiger charge is 2.35. The average Bonchev–Trinajstić information content (AvgIpc) is 3.15. The van der Waals surface area contributed by atoms with Gasteiger partial charge in [0, 0.05) is 5.56 Å². The molecule has 1 aliphatic heterocycles. The fourth-order valence-corrected chi connectivity index (χ4v) is 3.50. The largest absolute Gasteiger partial charge is 0.494 e. The van der Waals surface area contributed by atoms with Gasteiger partial charge in [0.05, 0.1) is 23.8 Å². The van der Waals surface area contributed by atoms with E-state index < -0.39 is 0 Å². The minimum absolute atomic E-state index is 0.0817. The highest BCUT2D eigenvalue weighted by molar-refractivity contribution is 5.71. The molecule has 6 heteroatoms. The van der Waals surface area contributed by atoms with Crippen LogP contribution in [0.1, 0.15) is 36.0 Å². The smallest absolute Gasteiger partial charge is 0.244 e. The van der Waals surface area contributed by atoms with Gasteiger partial charge in [-0.3, -0.25) is 5.10 Å². The molecule has 0 unspecified atom stereocenters. The summed E-state index contributed by atoms with van der Waals surface area (Å²) in [6.45, 7) is 4.77. The van der Waals surface area contributed by atoms with Crippen molar-refractivity contribution in [2.45, 2.75) is 26.2 Å². The first-order valence-corrected chi connectivity index (χ1v) is 9.58. The van der Waals surface area contributed by atoms with E-state index in [9.17, 15) is 5.26 Å². The van der Waals surface area contributed by atoms with Crippen molar-refractivity contribution < 1.29 is 9.47 Å². The number of hydrogen-bond donors (Lipinski definition) is 2. The Bertz CT molecular complexity index is 1090. The lowest BCUT2D eigenvalue weighted by Gasteiger charge is -2.24. The molecular weight excluding hydrogens is 364 g/mol. The molecule has 1 aliphatic rings. The lowest BCUT2D eigenvalue weighted by molar-refractivity contribution is 0.317. The molecule has 0 spiro atoms. The Morgan fingerprint density at radius 3 is 2.55 bits per heavy atom. The lowest BCUT2D eigenvalue weighted by Crippen LogP contribution is -2.21. The zero-order valence-electron chi connectivity index (χ0n) is 16.4. The van der Waals surface area contributed by atoms with Crippen molar-refractivity contribution in [3.05, 3.63) is 76.7 Å². The molecule has 29 heavy (non-hydrogen) atoms. The van der Waals surface area contributed by atoms with Gasteiger partial charge in [0.15, 0.2) is 0 Å². The second-order valence-electron chi connectivity index (χ2n) is 7.03. The van der Waals surface area contributed by atoms with Crippen LogP contribution in [0, 0.1) is 18.3 Å². The number of nitrogens with two attached hydrogens (primary N) is 1. The summed E-state index contributed by atoms with van der Waals surface area (Å²) >= 11 is 0. The highest BCUT2D eigenvalue weighted by Crippen LogP contribution is 2.45. The minimum Gasteiger partial charge on any atom is -0.494 e. The predicted octanol–water partition coefficient (Wildman–Crippen LogP) is 4.39. The Kier molecular flexibility index (Phi) is 4.96. The number of nitrogens with one attached hydrogen (secondary N) is 1. The Morgan fingerprint density at radius 2 is 1.90 bits per heavy atom. The molecule has 0 radical (unpaired) electrons. The van der Waals surface area contributed by atoms with Gasteiger partial charge < -0.3 is 15.2 Å². The summed E-state index contributed by atoms with van der Waals surface area (Å²) in [5.74, 6) is 0.898. The van der Waals surface area contributed by atoms with Crippen LogP contribution in [0.3, 0.4) is 0 Å². The average molecular weight is 386 g/mol.